The largest absolute Gasteiger partial charge is 0.326 e. The number of benzene rings is 1. The zero-order valence-corrected chi connectivity index (χ0v) is 20.8. The highest BCUT2D eigenvalue weighted by Crippen LogP contribution is 2.30. The fourth-order valence-electron chi connectivity index (χ4n) is 4.10. The van der Waals surface area contributed by atoms with Crippen LogP contribution in [0.1, 0.15) is 44.1 Å². The minimum Gasteiger partial charge on any atom is -0.326 e. The summed E-state index contributed by atoms with van der Waals surface area (Å²) in [6.07, 6.45) is 4.89. The third-order valence-corrected chi connectivity index (χ3v) is 9.32. The van der Waals surface area contributed by atoms with Gasteiger partial charge in [0, 0.05) is 45.3 Å². The number of aromatic nitrogens is 3. The summed E-state index contributed by atoms with van der Waals surface area (Å²) in [5.41, 5.74) is 1.99. The number of halogens is 1. The predicted molar refractivity (Wildman–Crippen MR) is 128 cm³/mol. The Morgan fingerprint density at radius 1 is 1.09 bits per heavy atom. The second-order valence-electron chi connectivity index (χ2n) is 8.23. The smallest absolute Gasteiger partial charge is 0.254 e. The number of amides is 1. The second-order valence-corrected chi connectivity index (χ2v) is 11.4. The van der Waals surface area contributed by atoms with Gasteiger partial charge in [-0.05, 0) is 31.5 Å². The Morgan fingerprint density at radius 3 is 2.41 bits per heavy atom. The maximum absolute atomic E-state index is 13.3. The van der Waals surface area contributed by atoms with E-state index in [0.717, 1.165) is 22.6 Å². The molecule has 1 aliphatic heterocycles. The van der Waals surface area contributed by atoms with Crippen molar-refractivity contribution in [3.63, 3.8) is 0 Å². The summed E-state index contributed by atoms with van der Waals surface area (Å²) in [6.45, 7) is 7.30. The van der Waals surface area contributed by atoms with Gasteiger partial charge in [0.2, 0.25) is 5.91 Å². The van der Waals surface area contributed by atoms with Gasteiger partial charge in [-0.25, -0.2) is 22.8 Å². The Morgan fingerprint density at radius 2 is 1.76 bits per heavy atom. The van der Waals surface area contributed by atoms with Gasteiger partial charge in [0.05, 0.1) is 24.3 Å². The maximum atomic E-state index is 13.3. The van der Waals surface area contributed by atoms with E-state index < -0.39 is 10.0 Å². The highest BCUT2D eigenvalue weighted by molar-refractivity contribution is 7.91. The molecule has 2 atom stereocenters. The van der Waals surface area contributed by atoms with Crippen molar-refractivity contribution in [3.8, 4) is 0 Å². The Bertz CT molecular complexity index is 1250. The van der Waals surface area contributed by atoms with Crippen LogP contribution in [0.15, 0.2) is 47.2 Å². The predicted octanol–water partition coefficient (Wildman–Crippen LogP) is 3.11. The van der Waals surface area contributed by atoms with E-state index in [1.165, 1.54) is 29.6 Å². The fraction of sp³-hybridized carbons (Fsp3) is 0.409. The molecule has 0 spiro atoms. The Kier molecular flexibility index (Phi) is 7.12. The van der Waals surface area contributed by atoms with E-state index in [0.29, 0.717) is 26.2 Å². The average molecular weight is 507 g/mol. The summed E-state index contributed by atoms with van der Waals surface area (Å²) >= 11 is 0.949. The van der Waals surface area contributed by atoms with Crippen LogP contribution in [0.2, 0.25) is 0 Å². The molecule has 1 aromatic carbocycles. The highest BCUT2D eigenvalue weighted by atomic mass is 32.2. The molecule has 34 heavy (non-hydrogen) atoms. The van der Waals surface area contributed by atoms with Crippen LogP contribution in [-0.2, 0) is 14.8 Å². The van der Waals surface area contributed by atoms with E-state index in [9.17, 15) is 17.6 Å². The van der Waals surface area contributed by atoms with Crippen molar-refractivity contribution in [1.82, 2.24) is 23.7 Å². The number of rotatable bonds is 7. The van der Waals surface area contributed by atoms with Gasteiger partial charge in [-0.15, -0.1) is 0 Å². The molecule has 2 unspecified atom stereocenters. The molecule has 0 aliphatic carbocycles. The summed E-state index contributed by atoms with van der Waals surface area (Å²) in [6, 6.07) is 6.45. The first kappa shape index (κ1) is 24.5. The topological polar surface area (TPSA) is 100 Å². The lowest BCUT2D eigenvalue weighted by Crippen LogP contribution is -2.49. The van der Waals surface area contributed by atoms with Crippen LogP contribution in [0.5, 0.6) is 0 Å². The molecule has 3 heterocycles. The van der Waals surface area contributed by atoms with Crippen molar-refractivity contribution >= 4 is 32.4 Å². The third kappa shape index (κ3) is 5.04. The second kappa shape index (κ2) is 9.90. The molecule has 1 fully saturated rings. The number of nitrogens with zero attached hydrogens (tertiary/aromatic N) is 5. The molecule has 12 heteroatoms. The molecule has 182 valence electrons. The molecule has 1 saturated heterocycles. The zero-order chi connectivity index (χ0) is 24.5. The van der Waals surface area contributed by atoms with Crippen LogP contribution in [0, 0.1) is 5.82 Å². The van der Waals surface area contributed by atoms with Crippen molar-refractivity contribution in [2.24, 2.45) is 0 Å². The normalized spacial score (nSPS) is 17.4. The molecule has 1 N–H and O–H groups in total. The molecule has 0 bridgehead atoms. The van der Waals surface area contributed by atoms with Gasteiger partial charge in [-0.1, -0.05) is 23.5 Å². The monoisotopic (exact) mass is 506 g/mol. The highest BCUT2D eigenvalue weighted by Gasteiger charge is 2.32. The number of thiazole rings is 1. The molecule has 9 nitrogen and oxygen atoms in total. The molecular weight excluding hydrogens is 479 g/mol. The Hall–Kier alpha value is -2.67. The molecule has 1 aliphatic rings. The maximum Gasteiger partial charge on any atom is 0.254 e. The van der Waals surface area contributed by atoms with Gasteiger partial charge in [0.1, 0.15) is 5.82 Å². The van der Waals surface area contributed by atoms with Crippen molar-refractivity contribution in [2.75, 3.05) is 31.5 Å². The van der Waals surface area contributed by atoms with Crippen LogP contribution in [0.25, 0.3) is 0 Å². The quantitative estimate of drug-likeness (QED) is 0.529. The standard InChI is InChI=1S/C22H27FN6O3S2/c1-15(18-4-6-19(23)7-5-18)29-14-24-12-20(29)16(2)27-8-10-28(11-9-27)34(31,32)21-13-25-22(33-21)26-17(3)30/h4-7,12-16H,8-11H2,1-3H3,(H,25,26,30). The van der Waals surface area contributed by atoms with Crippen molar-refractivity contribution < 1.29 is 17.6 Å². The van der Waals surface area contributed by atoms with Crippen molar-refractivity contribution in [2.45, 2.75) is 37.1 Å². The number of nitrogens with one attached hydrogen (secondary N) is 1. The number of carbonyl (C=O) groups is 1. The summed E-state index contributed by atoms with van der Waals surface area (Å²) in [5.74, 6) is -0.568. The minimum absolute atomic E-state index is 0.0185. The summed E-state index contributed by atoms with van der Waals surface area (Å²) in [7, 11) is -3.68. The number of carbonyl (C=O) groups excluding carboxylic acids is 1. The van der Waals surface area contributed by atoms with E-state index >= 15 is 0 Å². The number of sulfonamides is 1. The van der Waals surface area contributed by atoms with Gasteiger partial charge in [0.25, 0.3) is 10.0 Å². The lowest BCUT2D eigenvalue weighted by atomic mass is 10.1. The number of imidazole rings is 1. The first-order valence-electron chi connectivity index (χ1n) is 10.9. The molecule has 4 rings (SSSR count). The number of hydrogen-bond acceptors (Lipinski definition) is 7. The summed E-state index contributed by atoms with van der Waals surface area (Å²) in [4.78, 5) is 21.8. The van der Waals surface area contributed by atoms with Gasteiger partial charge in [-0.3, -0.25) is 9.69 Å². The molecule has 0 radical (unpaired) electrons. The Labute approximate surface area is 202 Å². The van der Waals surface area contributed by atoms with Gasteiger partial charge in [-0.2, -0.15) is 4.31 Å². The number of piperazine rings is 1. The molecule has 3 aromatic rings. The van der Waals surface area contributed by atoms with E-state index in [2.05, 4.69) is 31.7 Å². The molecule has 0 saturated carbocycles. The SMILES string of the molecule is CC(=O)Nc1ncc(S(=O)(=O)N2CCN(C(C)c3cncn3C(C)c3ccc(F)cc3)CC2)s1. The van der Waals surface area contributed by atoms with E-state index in [-0.39, 0.29) is 33.1 Å². The Balaban J connectivity index is 1.43. The van der Waals surface area contributed by atoms with E-state index in [1.807, 2.05) is 13.1 Å². The van der Waals surface area contributed by atoms with Gasteiger partial charge < -0.3 is 9.88 Å². The van der Waals surface area contributed by atoms with Gasteiger partial charge >= 0.3 is 0 Å². The van der Waals surface area contributed by atoms with Gasteiger partial charge in [0.15, 0.2) is 9.34 Å². The third-order valence-electron chi connectivity index (χ3n) is 6.08. The van der Waals surface area contributed by atoms with Crippen LogP contribution in [0.4, 0.5) is 9.52 Å². The van der Waals surface area contributed by atoms with Crippen molar-refractivity contribution in [1.29, 1.82) is 0 Å². The first-order chi connectivity index (χ1) is 16.2. The van der Waals surface area contributed by atoms with E-state index in [1.54, 1.807) is 18.5 Å². The van der Waals surface area contributed by atoms with Crippen LogP contribution in [0.3, 0.4) is 0 Å². The average Bonchev–Trinajstić information content (AvgIpc) is 3.48. The summed E-state index contributed by atoms with van der Waals surface area (Å²) < 4.78 is 43.1. The lowest BCUT2D eigenvalue weighted by Gasteiger charge is -2.37. The van der Waals surface area contributed by atoms with E-state index in [4.69, 9.17) is 0 Å². The first-order valence-corrected chi connectivity index (χ1v) is 13.2. The summed E-state index contributed by atoms with van der Waals surface area (Å²) in [5, 5.41) is 2.78. The van der Waals surface area contributed by atoms with Crippen LogP contribution in [-0.4, -0.2) is 64.2 Å². The lowest BCUT2D eigenvalue weighted by molar-refractivity contribution is -0.114. The zero-order valence-electron chi connectivity index (χ0n) is 19.2. The van der Waals surface area contributed by atoms with Crippen LogP contribution < -0.4 is 5.32 Å². The fourth-order valence-corrected chi connectivity index (χ4v) is 6.75. The number of hydrogen-bond donors (Lipinski definition) is 1. The minimum atomic E-state index is -3.68. The molecule has 2 aromatic heterocycles. The molecule has 1 amide bonds. The van der Waals surface area contributed by atoms with Crippen molar-refractivity contribution in [3.05, 3.63) is 60.1 Å². The van der Waals surface area contributed by atoms with Crippen LogP contribution >= 0.6 is 11.3 Å². The number of anilines is 1. The molecular formula is C22H27FN6O3S2.